The van der Waals surface area contributed by atoms with Crippen LogP contribution < -0.4 is 21.5 Å². The van der Waals surface area contributed by atoms with Crippen LogP contribution in [0, 0.1) is 37.0 Å². The molecule has 0 saturated heterocycles. The van der Waals surface area contributed by atoms with Crippen molar-refractivity contribution >= 4 is 42.7 Å². The predicted octanol–water partition coefficient (Wildman–Crippen LogP) is 6.56. The summed E-state index contributed by atoms with van der Waals surface area (Å²) in [6.45, 7) is 7.65. The molecule has 0 saturated carbocycles. The Balaban J connectivity index is 0.00000925. The zero-order chi connectivity index (χ0) is 46.5. The molecule has 0 unspecified atom stereocenters. The molecular formula is C50H63N7O7S. The number of hydrogen-bond donors (Lipinski definition) is 4. The number of nitrogens with zero attached hydrogens (tertiary/aromatic N) is 4. The van der Waals surface area contributed by atoms with Gasteiger partial charge in [-0.15, -0.1) is 0 Å². The first kappa shape index (κ1) is 51.7. The molecule has 0 aliphatic carbocycles. The van der Waals surface area contributed by atoms with Gasteiger partial charge in [0.1, 0.15) is 24.1 Å². The minimum atomic E-state index is -1.26. The van der Waals surface area contributed by atoms with Crippen molar-refractivity contribution in [3.8, 4) is 40.1 Å². The number of phenols is 1. The molecule has 14 nitrogen and oxygen atoms in total. The standard InChI is InChI=1S/C50H61N7O7.H2S/c1-6-7-8-10-33-12-15-35(16-13-33)48-54-31(3)46(32(4)55-48)43(60)29-37(20-22-52)50(63)57(5)47-36-17-19-45(64-24-23-53)39(28-36)38-26-34(14-18-41(38)58)27-40(42(59)11-9-21-51)56-49(62)30(2)25-44(47)61;/h12-19,26,28,30,37,40,47,58H,6-11,20,22-25,27,29,52-53H2,1-5H3,(H,56,62);1H2/t30-,37-,40+,47+;/m1./s1. The molecule has 4 atom stereocenters. The van der Waals surface area contributed by atoms with Crippen LogP contribution in [0.2, 0.25) is 0 Å². The number of amides is 2. The van der Waals surface area contributed by atoms with Gasteiger partial charge in [-0.3, -0.25) is 24.0 Å². The molecule has 4 aromatic rings. The lowest BCUT2D eigenvalue weighted by molar-refractivity contribution is -0.142. The Hall–Kier alpha value is -5.95. The van der Waals surface area contributed by atoms with Crippen LogP contribution in [-0.2, 0) is 32.0 Å². The normalized spacial score (nSPS) is 16.6. The molecule has 3 aromatic carbocycles. The van der Waals surface area contributed by atoms with Gasteiger partial charge in [-0.05, 0) is 87.0 Å². The maximum Gasteiger partial charge on any atom is 0.226 e. The first-order chi connectivity index (χ1) is 30.7. The van der Waals surface area contributed by atoms with E-state index in [1.807, 2.05) is 18.2 Å². The van der Waals surface area contributed by atoms with E-state index < -0.39 is 41.5 Å². The third-order valence-electron chi connectivity index (χ3n) is 11.8. The SMILES string of the molecule is CCCCCc1ccc(-c2nc(C)c(C(=O)C[C@@H](CCN)C(=O)N(C)[C@@H]3C(=O)C[C@@H](C)C(=O)N[C@H](C(=O)CCC#N)Cc4ccc(O)c(c4)-c4cc3ccc4OCCN)c(C)n2)cc1.S. The molecule has 4 bridgehead atoms. The summed E-state index contributed by atoms with van der Waals surface area (Å²) in [5.74, 6) is -3.38. The number of ether oxygens (including phenoxy) is 1. The lowest BCUT2D eigenvalue weighted by atomic mass is 9.88. The predicted molar refractivity (Wildman–Crippen MR) is 255 cm³/mol. The van der Waals surface area contributed by atoms with Crippen molar-refractivity contribution in [1.82, 2.24) is 20.2 Å². The highest BCUT2D eigenvalue weighted by Gasteiger charge is 2.36. The van der Waals surface area contributed by atoms with Gasteiger partial charge in [0, 0.05) is 67.8 Å². The first-order valence-corrected chi connectivity index (χ1v) is 22.2. The average Bonchev–Trinajstić information content (AvgIpc) is 3.27. The van der Waals surface area contributed by atoms with E-state index in [1.165, 1.54) is 30.0 Å². The topological polar surface area (TPSA) is 232 Å². The van der Waals surface area contributed by atoms with Crippen LogP contribution in [0.3, 0.4) is 0 Å². The molecule has 346 valence electrons. The van der Waals surface area contributed by atoms with Crippen LogP contribution >= 0.6 is 13.5 Å². The number of hydrogen-bond acceptors (Lipinski definition) is 12. The second kappa shape index (κ2) is 24.4. The second-order valence-corrected chi connectivity index (χ2v) is 16.7. The van der Waals surface area contributed by atoms with Crippen LogP contribution in [-0.4, -0.2) is 81.9 Å². The Morgan fingerprint density at radius 2 is 1.68 bits per heavy atom. The van der Waals surface area contributed by atoms with Crippen molar-refractivity contribution in [3.05, 3.63) is 94.3 Å². The number of aromatic nitrogens is 2. The molecule has 0 spiro atoms. The quantitative estimate of drug-likeness (QED) is 0.0614. The molecular weight excluding hydrogens is 843 g/mol. The minimum Gasteiger partial charge on any atom is -0.507 e. The van der Waals surface area contributed by atoms with E-state index in [0.29, 0.717) is 50.8 Å². The third kappa shape index (κ3) is 13.1. The number of likely N-dealkylation sites (N-methyl/N-ethyl adjacent to an activating group) is 1. The fraction of sp³-hybridized carbons (Fsp3) is 0.440. The number of rotatable bonds is 18. The monoisotopic (exact) mass is 905 g/mol. The van der Waals surface area contributed by atoms with E-state index in [0.717, 1.165) is 24.8 Å². The summed E-state index contributed by atoms with van der Waals surface area (Å²) >= 11 is 0. The van der Waals surface area contributed by atoms with Gasteiger partial charge in [0.2, 0.25) is 11.8 Å². The zero-order valence-electron chi connectivity index (χ0n) is 38.1. The van der Waals surface area contributed by atoms with Crippen LogP contribution in [0.4, 0.5) is 0 Å². The fourth-order valence-corrected chi connectivity index (χ4v) is 8.33. The number of nitrogens with two attached hydrogens (primary N) is 2. The maximum absolute atomic E-state index is 14.7. The number of phenolic OH excluding ortho intramolecular Hbond substituents is 1. The Kier molecular flexibility index (Phi) is 19.4. The molecule has 0 fully saturated rings. The summed E-state index contributed by atoms with van der Waals surface area (Å²) in [4.78, 5) is 81.3. The smallest absolute Gasteiger partial charge is 0.226 e. The number of aromatic hydroxyl groups is 1. The van der Waals surface area contributed by atoms with Gasteiger partial charge in [0.25, 0.3) is 0 Å². The van der Waals surface area contributed by atoms with Crippen molar-refractivity contribution < 1.29 is 33.8 Å². The fourth-order valence-electron chi connectivity index (χ4n) is 8.33. The summed E-state index contributed by atoms with van der Waals surface area (Å²) in [6, 6.07) is 17.6. The molecule has 0 radical (unpaired) electrons. The van der Waals surface area contributed by atoms with Crippen molar-refractivity contribution in [2.24, 2.45) is 23.3 Å². The number of nitriles is 1. The van der Waals surface area contributed by atoms with E-state index in [-0.39, 0.29) is 89.0 Å². The van der Waals surface area contributed by atoms with E-state index in [2.05, 4.69) is 24.4 Å². The number of nitrogens with one attached hydrogen (secondary N) is 1. The summed E-state index contributed by atoms with van der Waals surface area (Å²) in [5, 5.41) is 23.2. The van der Waals surface area contributed by atoms with Gasteiger partial charge in [-0.25, -0.2) is 9.97 Å². The number of aryl methyl sites for hydroxylation is 3. The largest absolute Gasteiger partial charge is 0.507 e. The third-order valence-corrected chi connectivity index (χ3v) is 11.8. The molecule has 65 heavy (non-hydrogen) atoms. The van der Waals surface area contributed by atoms with E-state index in [1.54, 1.807) is 51.1 Å². The summed E-state index contributed by atoms with van der Waals surface area (Å²) in [5.41, 5.74) is 16.9. The van der Waals surface area contributed by atoms with Crippen molar-refractivity contribution in [2.75, 3.05) is 26.7 Å². The number of carbonyl (C=O) groups excluding carboxylic acids is 5. The lowest BCUT2D eigenvalue weighted by Gasteiger charge is -2.32. The number of carbonyl (C=O) groups is 5. The molecule has 2 heterocycles. The lowest BCUT2D eigenvalue weighted by Crippen LogP contribution is -2.46. The van der Waals surface area contributed by atoms with Crippen LogP contribution in [0.5, 0.6) is 11.5 Å². The summed E-state index contributed by atoms with van der Waals surface area (Å²) < 4.78 is 6.02. The van der Waals surface area contributed by atoms with Crippen LogP contribution in [0.1, 0.15) is 110 Å². The van der Waals surface area contributed by atoms with Gasteiger partial charge in [0.05, 0.1) is 29.1 Å². The van der Waals surface area contributed by atoms with Crippen LogP contribution in [0.15, 0.2) is 60.7 Å². The van der Waals surface area contributed by atoms with E-state index in [4.69, 9.17) is 26.2 Å². The van der Waals surface area contributed by atoms with Crippen molar-refractivity contribution in [2.45, 2.75) is 104 Å². The van der Waals surface area contributed by atoms with Gasteiger partial charge in [-0.2, -0.15) is 18.8 Å². The highest BCUT2D eigenvalue weighted by Crippen LogP contribution is 2.40. The molecule has 2 amide bonds. The van der Waals surface area contributed by atoms with Gasteiger partial charge in [0.15, 0.2) is 23.2 Å². The highest BCUT2D eigenvalue weighted by atomic mass is 32.1. The van der Waals surface area contributed by atoms with Crippen LogP contribution in [0.25, 0.3) is 22.5 Å². The minimum absolute atomic E-state index is 0. The summed E-state index contributed by atoms with van der Waals surface area (Å²) in [6.07, 6.45) is 3.96. The number of ketones is 3. The Labute approximate surface area is 389 Å². The first-order valence-electron chi connectivity index (χ1n) is 22.2. The molecule has 1 aliphatic rings. The molecule has 1 aromatic heterocycles. The van der Waals surface area contributed by atoms with Crippen molar-refractivity contribution in [3.63, 3.8) is 0 Å². The molecule has 6 N–H and O–H groups in total. The number of Topliss-reactive ketones (excluding diaryl/α,β-unsaturated/α-hetero) is 3. The Morgan fingerprint density at radius 1 is 0.969 bits per heavy atom. The molecule has 1 aliphatic heterocycles. The Bertz CT molecular complexity index is 2360. The zero-order valence-corrected chi connectivity index (χ0v) is 39.1. The van der Waals surface area contributed by atoms with Gasteiger partial charge >= 0.3 is 0 Å². The van der Waals surface area contributed by atoms with Crippen molar-refractivity contribution in [1.29, 1.82) is 5.26 Å². The second-order valence-electron chi connectivity index (χ2n) is 16.7. The maximum atomic E-state index is 14.7. The summed E-state index contributed by atoms with van der Waals surface area (Å²) in [7, 11) is 1.48. The average molecular weight is 906 g/mol. The number of unbranched alkanes of at least 4 members (excludes halogenated alkanes) is 2. The number of benzene rings is 3. The Morgan fingerprint density at radius 3 is 2.32 bits per heavy atom. The number of fused-ring (bicyclic) bond motifs is 5. The highest BCUT2D eigenvalue weighted by molar-refractivity contribution is 7.59. The van der Waals surface area contributed by atoms with Gasteiger partial charge in [-0.1, -0.05) is 63.1 Å². The molecule has 5 rings (SSSR count). The molecule has 15 heteroatoms. The van der Waals surface area contributed by atoms with Gasteiger partial charge < -0.3 is 31.5 Å². The van der Waals surface area contributed by atoms with E-state index >= 15 is 0 Å². The van der Waals surface area contributed by atoms with E-state index in [9.17, 15) is 34.3 Å².